The van der Waals surface area contributed by atoms with Crippen molar-refractivity contribution >= 4 is 5.91 Å². The van der Waals surface area contributed by atoms with E-state index < -0.39 is 0 Å². The van der Waals surface area contributed by atoms with Crippen LogP contribution < -0.4 is 5.32 Å². The first-order valence-electron chi connectivity index (χ1n) is 9.02. The Labute approximate surface area is 161 Å². The zero-order valence-corrected chi connectivity index (χ0v) is 15.1. The van der Waals surface area contributed by atoms with Gasteiger partial charge >= 0.3 is 0 Å². The first-order valence-corrected chi connectivity index (χ1v) is 9.02. The van der Waals surface area contributed by atoms with Gasteiger partial charge in [-0.3, -0.25) is 9.89 Å². The Hall–Kier alpha value is -3.74. The quantitative estimate of drug-likeness (QED) is 0.518. The van der Waals surface area contributed by atoms with E-state index in [9.17, 15) is 4.79 Å². The predicted molar refractivity (Wildman–Crippen MR) is 104 cm³/mol. The number of aromatic nitrogens is 4. The lowest BCUT2D eigenvalue weighted by Gasteiger charge is -2.01. The van der Waals surface area contributed by atoms with Gasteiger partial charge in [-0.25, -0.2) is 0 Å². The summed E-state index contributed by atoms with van der Waals surface area (Å²) in [6.07, 6.45) is 0.667. The van der Waals surface area contributed by atoms with Crippen LogP contribution >= 0.6 is 0 Å². The molecule has 0 saturated carbocycles. The minimum Gasteiger partial charge on any atom is -0.350 e. The summed E-state index contributed by atoms with van der Waals surface area (Å²) < 4.78 is 5.23. The fourth-order valence-corrected chi connectivity index (χ4v) is 2.77. The topological polar surface area (TPSA) is 96.7 Å². The largest absolute Gasteiger partial charge is 0.350 e. The summed E-state index contributed by atoms with van der Waals surface area (Å²) in [7, 11) is 0. The lowest BCUT2D eigenvalue weighted by atomic mass is 10.1. The van der Waals surface area contributed by atoms with E-state index in [1.165, 1.54) is 0 Å². The van der Waals surface area contributed by atoms with Crippen molar-refractivity contribution in [1.82, 2.24) is 25.7 Å². The lowest BCUT2D eigenvalue weighted by molar-refractivity contribution is -0.121. The van der Waals surface area contributed by atoms with Crippen LogP contribution in [0.15, 0.2) is 71.3 Å². The number of aryl methyl sites for hydroxylation is 1. The molecule has 2 aromatic heterocycles. The number of hydrogen-bond acceptors (Lipinski definition) is 5. The maximum atomic E-state index is 12.1. The summed E-state index contributed by atoms with van der Waals surface area (Å²) >= 11 is 0. The minimum atomic E-state index is -0.0877. The van der Waals surface area contributed by atoms with Gasteiger partial charge in [0.15, 0.2) is 0 Å². The minimum absolute atomic E-state index is 0.0877. The van der Waals surface area contributed by atoms with Crippen LogP contribution in [0.5, 0.6) is 0 Å². The van der Waals surface area contributed by atoms with Crippen LogP contribution in [-0.4, -0.2) is 26.2 Å². The predicted octanol–water partition coefficient (Wildman–Crippen LogP) is 3.38. The van der Waals surface area contributed by atoms with Gasteiger partial charge < -0.3 is 9.84 Å². The number of carbonyl (C=O) groups excluding carboxylic acids is 1. The van der Waals surface area contributed by atoms with Crippen molar-refractivity contribution in [1.29, 1.82) is 0 Å². The second-order valence-electron chi connectivity index (χ2n) is 6.30. The lowest BCUT2D eigenvalue weighted by Crippen LogP contribution is -2.23. The molecule has 0 fully saturated rings. The molecule has 2 aromatic carbocycles. The third-order valence-electron chi connectivity index (χ3n) is 4.24. The average Bonchev–Trinajstić information content (AvgIpc) is 3.42. The van der Waals surface area contributed by atoms with Crippen molar-refractivity contribution in [3.8, 4) is 22.6 Å². The summed E-state index contributed by atoms with van der Waals surface area (Å²) in [5.41, 5.74) is 3.61. The fourth-order valence-electron chi connectivity index (χ4n) is 2.77. The van der Waals surface area contributed by atoms with Crippen molar-refractivity contribution in [2.24, 2.45) is 0 Å². The molecule has 7 heteroatoms. The molecule has 28 heavy (non-hydrogen) atoms. The van der Waals surface area contributed by atoms with Gasteiger partial charge in [0.25, 0.3) is 0 Å². The Morgan fingerprint density at radius 3 is 2.46 bits per heavy atom. The highest BCUT2D eigenvalue weighted by Gasteiger charge is 2.11. The Morgan fingerprint density at radius 1 is 1.00 bits per heavy atom. The van der Waals surface area contributed by atoms with Crippen LogP contribution in [-0.2, 0) is 17.8 Å². The molecule has 0 aliphatic carbocycles. The monoisotopic (exact) mass is 373 g/mol. The molecule has 2 heterocycles. The van der Waals surface area contributed by atoms with Crippen LogP contribution in [0.2, 0.25) is 0 Å². The molecular formula is C21H19N5O2. The maximum absolute atomic E-state index is 12.1. The van der Waals surface area contributed by atoms with Crippen molar-refractivity contribution in [2.45, 2.75) is 19.4 Å². The van der Waals surface area contributed by atoms with Crippen LogP contribution in [0.3, 0.4) is 0 Å². The van der Waals surface area contributed by atoms with Gasteiger partial charge in [0.05, 0.1) is 17.9 Å². The molecule has 0 aliphatic rings. The molecule has 0 spiro atoms. The molecular weight excluding hydrogens is 354 g/mol. The highest BCUT2D eigenvalue weighted by molar-refractivity contribution is 5.76. The zero-order valence-electron chi connectivity index (χ0n) is 15.1. The number of nitrogens with zero attached hydrogens (tertiary/aromatic N) is 3. The van der Waals surface area contributed by atoms with E-state index in [1.807, 2.05) is 66.7 Å². The van der Waals surface area contributed by atoms with E-state index in [1.54, 1.807) is 0 Å². The van der Waals surface area contributed by atoms with Crippen molar-refractivity contribution in [3.63, 3.8) is 0 Å². The van der Waals surface area contributed by atoms with Crippen LogP contribution in [0.4, 0.5) is 0 Å². The van der Waals surface area contributed by atoms with Gasteiger partial charge in [0.1, 0.15) is 0 Å². The maximum Gasteiger partial charge on any atom is 0.227 e. The summed E-state index contributed by atoms with van der Waals surface area (Å²) in [4.78, 5) is 16.4. The number of rotatable bonds is 7. The average molecular weight is 373 g/mol. The molecule has 0 unspecified atom stereocenters. The Kier molecular flexibility index (Phi) is 5.24. The highest BCUT2D eigenvalue weighted by Crippen LogP contribution is 2.17. The molecule has 2 N–H and O–H groups in total. The molecule has 4 aromatic rings. The van der Waals surface area contributed by atoms with Gasteiger partial charge in [-0.1, -0.05) is 65.8 Å². The number of nitrogens with one attached hydrogen (secondary N) is 2. The Bertz CT molecular complexity index is 957. The summed E-state index contributed by atoms with van der Waals surface area (Å²) in [5.74, 6) is 0.888. The van der Waals surface area contributed by atoms with Crippen molar-refractivity contribution in [2.75, 3.05) is 0 Å². The zero-order chi connectivity index (χ0) is 19.2. The van der Waals surface area contributed by atoms with Gasteiger partial charge in [-0.05, 0) is 6.07 Å². The Morgan fingerprint density at radius 2 is 1.71 bits per heavy atom. The highest BCUT2D eigenvalue weighted by atomic mass is 16.5. The Balaban J connectivity index is 1.26. The van der Waals surface area contributed by atoms with E-state index in [0.717, 1.165) is 22.5 Å². The summed E-state index contributed by atoms with van der Waals surface area (Å²) in [6, 6.07) is 21.4. The third-order valence-corrected chi connectivity index (χ3v) is 4.24. The molecule has 0 saturated heterocycles. The van der Waals surface area contributed by atoms with Gasteiger partial charge in [-0.2, -0.15) is 10.1 Å². The number of H-pyrrole nitrogens is 1. The standard InChI is InChI=1S/C21H19N5O2/c27-19(11-12-20-23-21(26-28-20)16-9-5-2-6-10-16)22-14-17-13-18(25-24-17)15-7-3-1-4-8-15/h1-10,13H,11-12,14H2,(H,22,27)(H,24,25). The molecule has 0 aliphatic heterocycles. The van der Waals surface area contributed by atoms with E-state index in [-0.39, 0.29) is 12.3 Å². The SMILES string of the molecule is O=C(CCc1nc(-c2ccccc2)no1)NCc1cc(-c2ccccc2)n[nH]1. The molecule has 1 amide bonds. The molecule has 0 atom stereocenters. The second kappa shape index (κ2) is 8.30. The van der Waals surface area contributed by atoms with E-state index >= 15 is 0 Å². The first kappa shape index (κ1) is 17.7. The summed E-state index contributed by atoms with van der Waals surface area (Å²) in [6.45, 7) is 0.387. The van der Waals surface area contributed by atoms with Crippen molar-refractivity contribution in [3.05, 3.63) is 78.3 Å². The van der Waals surface area contributed by atoms with Gasteiger partial charge in [0.2, 0.25) is 17.6 Å². The fraction of sp³-hybridized carbons (Fsp3) is 0.143. The van der Waals surface area contributed by atoms with Crippen LogP contribution in [0.1, 0.15) is 18.0 Å². The molecule has 140 valence electrons. The number of benzene rings is 2. The third kappa shape index (κ3) is 4.32. The van der Waals surface area contributed by atoms with Crippen LogP contribution in [0.25, 0.3) is 22.6 Å². The second-order valence-corrected chi connectivity index (χ2v) is 6.30. The van der Waals surface area contributed by atoms with E-state index in [0.29, 0.717) is 24.7 Å². The normalized spacial score (nSPS) is 10.7. The van der Waals surface area contributed by atoms with Gasteiger partial charge in [-0.15, -0.1) is 0 Å². The van der Waals surface area contributed by atoms with Crippen molar-refractivity contribution < 1.29 is 9.32 Å². The van der Waals surface area contributed by atoms with Gasteiger partial charge in [0, 0.05) is 24.0 Å². The molecule has 0 radical (unpaired) electrons. The first-order chi connectivity index (χ1) is 13.8. The number of aromatic amines is 1. The number of carbonyl (C=O) groups is 1. The molecule has 0 bridgehead atoms. The summed E-state index contributed by atoms with van der Waals surface area (Å²) in [5, 5.41) is 14.1. The number of amides is 1. The van der Waals surface area contributed by atoms with E-state index in [4.69, 9.17) is 4.52 Å². The molecule has 7 nitrogen and oxygen atoms in total. The molecule has 4 rings (SSSR count). The van der Waals surface area contributed by atoms with Crippen LogP contribution in [0, 0.1) is 0 Å². The smallest absolute Gasteiger partial charge is 0.227 e. The number of hydrogen-bond donors (Lipinski definition) is 2. The van der Waals surface area contributed by atoms with E-state index in [2.05, 4.69) is 25.7 Å².